The Morgan fingerprint density at radius 3 is 1.68 bits per heavy atom. The molecule has 59 heavy (non-hydrogen) atoms. The highest BCUT2D eigenvalue weighted by molar-refractivity contribution is 6.03. The van der Waals surface area contributed by atoms with Gasteiger partial charge in [0.2, 0.25) is 11.4 Å². The summed E-state index contributed by atoms with van der Waals surface area (Å²) in [6.07, 6.45) is 3.91. The van der Waals surface area contributed by atoms with Crippen LogP contribution in [0.25, 0.3) is 21.5 Å². The Hall–Kier alpha value is -5.62. The van der Waals surface area contributed by atoms with E-state index in [2.05, 4.69) is 160 Å². The van der Waals surface area contributed by atoms with Crippen LogP contribution in [-0.4, -0.2) is 23.9 Å². The maximum atomic E-state index is 6.75. The Morgan fingerprint density at radius 2 is 1.07 bits per heavy atom. The van der Waals surface area contributed by atoms with Crippen LogP contribution >= 0.6 is 0 Å². The third kappa shape index (κ3) is 6.38. The van der Waals surface area contributed by atoms with Gasteiger partial charge >= 0.3 is 0 Å². The number of hydrogen-bond acceptors (Lipinski definition) is 6. The van der Waals surface area contributed by atoms with Crippen molar-refractivity contribution in [2.75, 3.05) is 10.6 Å². The molecule has 0 saturated heterocycles. The number of aryl methyl sites for hydroxylation is 7. The van der Waals surface area contributed by atoms with Crippen molar-refractivity contribution in [2.45, 2.75) is 126 Å². The molecular formula is C53H62N4O2. The number of rotatable bonds is 0. The number of nitrogens with zero attached hydrogens (tertiary/aromatic N) is 2. The fourth-order valence-electron chi connectivity index (χ4n) is 9.07. The second-order valence-electron chi connectivity index (χ2n) is 17.3. The molecule has 0 aromatic heterocycles. The lowest BCUT2D eigenvalue weighted by Crippen LogP contribution is -2.56. The molecule has 306 valence electrons. The average molecular weight is 787 g/mol. The van der Waals surface area contributed by atoms with E-state index >= 15 is 0 Å². The van der Waals surface area contributed by atoms with Gasteiger partial charge in [0.05, 0.1) is 23.3 Å². The molecule has 6 nitrogen and oxygen atoms in total. The fourth-order valence-corrected chi connectivity index (χ4v) is 9.07. The van der Waals surface area contributed by atoms with Crippen molar-refractivity contribution in [3.63, 3.8) is 0 Å². The van der Waals surface area contributed by atoms with E-state index < -0.39 is 11.4 Å². The SMILES string of the molecule is CC.CC.Cc1cc2c(cc1C)C(C)(C)C1(C=Nc3c(cc(C)c4c(C)cccc34)O1)N2.Cc1ccc2c3c(ccc2c1)N=CC1(Nc2cc(C)c(C)cc2C1(C)C)O3. The minimum atomic E-state index is -0.693. The molecule has 6 aromatic carbocycles. The number of ether oxygens (including phenoxy) is 2. The van der Waals surface area contributed by atoms with E-state index in [1.54, 1.807) is 0 Å². The smallest absolute Gasteiger partial charge is 0.226 e. The monoisotopic (exact) mass is 786 g/mol. The highest BCUT2D eigenvalue weighted by Gasteiger charge is 2.56. The summed E-state index contributed by atoms with van der Waals surface area (Å²) in [6.45, 7) is 32.0. The molecule has 4 aliphatic heterocycles. The van der Waals surface area contributed by atoms with Gasteiger partial charge in [0.25, 0.3) is 0 Å². The average Bonchev–Trinajstić information content (AvgIpc) is 3.53. The summed E-state index contributed by atoms with van der Waals surface area (Å²) in [7, 11) is 0. The molecule has 2 atom stereocenters. The third-order valence-electron chi connectivity index (χ3n) is 13.0. The molecule has 4 heterocycles. The number of hydrogen-bond donors (Lipinski definition) is 2. The van der Waals surface area contributed by atoms with Crippen molar-refractivity contribution in [2.24, 2.45) is 9.98 Å². The zero-order valence-corrected chi connectivity index (χ0v) is 37.9. The molecule has 0 amide bonds. The largest absolute Gasteiger partial charge is 0.460 e. The van der Waals surface area contributed by atoms with E-state index in [0.29, 0.717) is 0 Å². The van der Waals surface area contributed by atoms with Gasteiger partial charge < -0.3 is 20.1 Å². The summed E-state index contributed by atoms with van der Waals surface area (Å²) < 4.78 is 13.5. The van der Waals surface area contributed by atoms with Gasteiger partial charge in [0, 0.05) is 22.1 Å². The molecule has 0 fully saturated rings. The number of aliphatic imine (C=N–C) groups is 2. The quantitative estimate of drug-likeness (QED) is 0.161. The lowest BCUT2D eigenvalue weighted by Gasteiger charge is -2.41. The van der Waals surface area contributed by atoms with E-state index in [1.807, 2.05) is 46.2 Å². The first-order valence-electron chi connectivity index (χ1n) is 21.4. The van der Waals surface area contributed by atoms with Crippen molar-refractivity contribution in [1.29, 1.82) is 0 Å². The lowest BCUT2D eigenvalue weighted by molar-refractivity contribution is 0.107. The normalized spacial score (nSPS) is 20.3. The molecule has 2 unspecified atom stereocenters. The molecule has 4 aliphatic rings. The third-order valence-corrected chi connectivity index (χ3v) is 13.0. The van der Waals surface area contributed by atoms with E-state index in [-0.39, 0.29) is 10.8 Å². The first kappa shape index (κ1) is 41.5. The summed E-state index contributed by atoms with van der Waals surface area (Å²) >= 11 is 0. The number of anilines is 2. The van der Waals surface area contributed by atoms with Gasteiger partial charge in [-0.05, 0) is 156 Å². The maximum Gasteiger partial charge on any atom is 0.226 e. The van der Waals surface area contributed by atoms with Gasteiger partial charge in [-0.1, -0.05) is 87.9 Å². The van der Waals surface area contributed by atoms with Gasteiger partial charge in [-0.25, -0.2) is 0 Å². The minimum Gasteiger partial charge on any atom is -0.460 e. The van der Waals surface area contributed by atoms with Crippen LogP contribution in [0.3, 0.4) is 0 Å². The second kappa shape index (κ2) is 14.9. The van der Waals surface area contributed by atoms with Crippen molar-refractivity contribution in [1.82, 2.24) is 0 Å². The molecule has 0 radical (unpaired) electrons. The van der Waals surface area contributed by atoms with E-state index in [0.717, 1.165) is 45.0 Å². The summed E-state index contributed by atoms with van der Waals surface area (Å²) in [5.74, 6) is 1.71. The molecule has 0 aliphatic carbocycles. The Balaban J connectivity index is 0.000000165. The van der Waals surface area contributed by atoms with Crippen LogP contribution < -0.4 is 20.1 Å². The number of benzene rings is 6. The predicted molar refractivity (Wildman–Crippen MR) is 253 cm³/mol. The van der Waals surface area contributed by atoms with E-state index in [4.69, 9.17) is 19.5 Å². The highest BCUT2D eigenvalue weighted by atomic mass is 16.5. The zero-order chi connectivity index (χ0) is 42.8. The zero-order valence-electron chi connectivity index (χ0n) is 37.9. The van der Waals surface area contributed by atoms with E-state index in [1.165, 1.54) is 60.8 Å². The van der Waals surface area contributed by atoms with Crippen LogP contribution in [-0.2, 0) is 10.8 Å². The van der Waals surface area contributed by atoms with Crippen LogP contribution in [0.5, 0.6) is 11.5 Å². The van der Waals surface area contributed by atoms with Crippen molar-refractivity contribution < 1.29 is 9.47 Å². The molecule has 2 spiro atoms. The van der Waals surface area contributed by atoms with Crippen LogP contribution in [0, 0.1) is 48.5 Å². The molecular weight excluding hydrogens is 725 g/mol. The van der Waals surface area contributed by atoms with Crippen molar-refractivity contribution in [3.8, 4) is 11.5 Å². The second-order valence-corrected chi connectivity index (χ2v) is 17.3. The molecule has 0 bridgehead atoms. The number of nitrogens with one attached hydrogen (secondary N) is 2. The summed E-state index contributed by atoms with van der Waals surface area (Å²) in [5, 5.41) is 12.0. The summed E-state index contributed by atoms with van der Waals surface area (Å²) in [5.41, 5.74) is 13.6. The highest BCUT2D eigenvalue weighted by Crippen LogP contribution is 2.54. The molecule has 6 aromatic rings. The first-order chi connectivity index (χ1) is 28.0. The van der Waals surface area contributed by atoms with Gasteiger partial charge in [-0.3, -0.25) is 9.98 Å². The van der Waals surface area contributed by atoms with Crippen LogP contribution in [0.1, 0.15) is 105 Å². The summed E-state index contributed by atoms with van der Waals surface area (Å²) in [4.78, 5) is 9.76. The maximum absolute atomic E-state index is 6.75. The molecule has 6 heteroatoms. The Morgan fingerprint density at radius 1 is 0.508 bits per heavy atom. The fraction of sp³-hybridized carbons (Fsp3) is 0.358. The Bertz CT molecular complexity index is 2700. The van der Waals surface area contributed by atoms with Crippen LogP contribution in [0.2, 0.25) is 0 Å². The van der Waals surface area contributed by atoms with Gasteiger partial charge in [0.15, 0.2) is 5.75 Å². The Kier molecular flexibility index (Phi) is 10.5. The van der Waals surface area contributed by atoms with Crippen LogP contribution in [0.15, 0.2) is 88.8 Å². The standard InChI is InChI=1S/C25H26N2O.C24H24N2O.2C2H6/c1-14-8-7-9-18-22(14)17(4)12-21-23(18)26-13-25(28-21)24(5,6)19-10-15(2)16(3)11-20(19)27-25;1-14-6-8-18-17(10-14)7-9-20-22(18)27-24(13-25-20)23(4,5)19-11-15(2)16(3)12-21(19)26-24;2*1-2/h7-13,27H,1-6H3;6-13,26H,1-5H3;2*1-2H3. The van der Waals surface area contributed by atoms with E-state index in [9.17, 15) is 0 Å². The number of fused-ring (bicyclic) bond motifs is 8. The van der Waals surface area contributed by atoms with Crippen molar-refractivity contribution >= 4 is 56.7 Å². The Labute approximate surface area is 352 Å². The first-order valence-corrected chi connectivity index (χ1v) is 21.4. The minimum absolute atomic E-state index is 0.253. The molecule has 2 N–H and O–H groups in total. The lowest BCUT2D eigenvalue weighted by atomic mass is 9.77. The van der Waals surface area contributed by atoms with Gasteiger partial charge in [-0.15, -0.1) is 0 Å². The molecule has 10 rings (SSSR count). The molecule has 0 saturated carbocycles. The topological polar surface area (TPSA) is 67.2 Å². The predicted octanol–water partition coefficient (Wildman–Crippen LogP) is 14.3. The van der Waals surface area contributed by atoms with Gasteiger partial charge in [0.1, 0.15) is 17.1 Å². The summed E-state index contributed by atoms with van der Waals surface area (Å²) in [6, 6.07) is 28.2. The van der Waals surface area contributed by atoms with Crippen LogP contribution in [0.4, 0.5) is 22.7 Å². The van der Waals surface area contributed by atoms with Crippen molar-refractivity contribution in [3.05, 3.63) is 129 Å². The van der Waals surface area contributed by atoms with Gasteiger partial charge in [-0.2, -0.15) is 0 Å².